The summed E-state index contributed by atoms with van der Waals surface area (Å²) in [6.45, 7) is 6.33. The number of nitrogens with one attached hydrogen (secondary N) is 1. The van der Waals surface area contributed by atoms with Crippen molar-refractivity contribution in [2.45, 2.75) is 63.3 Å². The van der Waals surface area contributed by atoms with Gasteiger partial charge in [0.15, 0.2) is 11.0 Å². The largest absolute Gasteiger partial charge is 0.337 e. The predicted octanol–water partition coefficient (Wildman–Crippen LogP) is 2.49. The summed E-state index contributed by atoms with van der Waals surface area (Å²) in [6.07, 6.45) is 3.28. The number of quaternary nitrogens is 1. The third-order valence-electron chi connectivity index (χ3n) is 5.80. The number of amides is 1. The molecule has 1 aliphatic rings. The first-order chi connectivity index (χ1) is 13.8. The zero-order valence-corrected chi connectivity index (χ0v) is 18.7. The van der Waals surface area contributed by atoms with Gasteiger partial charge in [-0.2, -0.15) is 0 Å². The summed E-state index contributed by atoms with van der Waals surface area (Å²) in [5.74, 6) is 0.964. The molecule has 29 heavy (non-hydrogen) atoms. The van der Waals surface area contributed by atoms with Crippen molar-refractivity contribution >= 4 is 17.7 Å². The van der Waals surface area contributed by atoms with Crippen LogP contribution in [0.1, 0.15) is 51.9 Å². The number of halogens is 1. The molecule has 1 saturated heterocycles. The van der Waals surface area contributed by atoms with Gasteiger partial charge < -0.3 is 9.80 Å². The maximum Gasteiger partial charge on any atom is 0.233 e. The Morgan fingerprint density at radius 1 is 1.21 bits per heavy atom. The highest BCUT2D eigenvalue weighted by Gasteiger charge is 2.30. The first-order valence-electron chi connectivity index (χ1n) is 10.2. The van der Waals surface area contributed by atoms with Gasteiger partial charge in [-0.25, -0.2) is 4.39 Å². The van der Waals surface area contributed by atoms with Crippen LogP contribution in [0.2, 0.25) is 0 Å². The van der Waals surface area contributed by atoms with Crippen LogP contribution in [0.15, 0.2) is 29.4 Å². The van der Waals surface area contributed by atoms with Crippen molar-refractivity contribution in [3.05, 3.63) is 35.9 Å². The van der Waals surface area contributed by atoms with Gasteiger partial charge >= 0.3 is 0 Å². The highest BCUT2D eigenvalue weighted by Crippen LogP contribution is 2.27. The lowest BCUT2D eigenvalue weighted by Gasteiger charge is -2.39. The molecular weight excluding hydrogens is 389 g/mol. The van der Waals surface area contributed by atoms with E-state index in [1.165, 1.54) is 35.2 Å². The number of likely N-dealkylation sites (tertiary alicyclic amines) is 1. The van der Waals surface area contributed by atoms with Gasteiger partial charge in [-0.15, -0.1) is 10.2 Å². The van der Waals surface area contributed by atoms with Crippen LogP contribution in [0.25, 0.3) is 5.69 Å². The second-order valence-corrected chi connectivity index (χ2v) is 9.11. The topological polar surface area (TPSA) is 55.5 Å². The van der Waals surface area contributed by atoms with Crippen LogP contribution in [0, 0.1) is 5.82 Å². The quantitative estimate of drug-likeness (QED) is 0.730. The minimum Gasteiger partial charge on any atom is -0.337 e. The van der Waals surface area contributed by atoms with Crippen molar-refractivity contribution in [1.82, 2.24) is 19.7 Å². The number of hydrogen-bond acceptors (Lipinski definition) is 4. The molecule has 6 nitrogen and oxygen atoms in total. The molecule has 3 rings (SSSR count). The molecule has 0 radical (unpaired) electrons. The number of aromatic nitrogens is 3. The van der Waals surface area contributed by atoms with Crippen LogP contribution in [-0.2, 0) is 4.79 Å². The smallest absolute Gasteiger partial charge is 0.233 e. The minimum atomic E-state index is -0.285. The highest BCUT2D eigenvalue weighted by atomic mass is 32.2. The summed E-state index contributed by atoms with van der Waals surface area (Å²) in [6, 6.07) is 6.96. The lowest BCUT2D eigenvalue weighted by Crippen LogP contribution is -3.05. The van der Waals surface area contributed by atoms with Crippen molar-refractivity contribution in [3.63, 3.8) is 0 Å². The van der Waals surface area contributed by atoms with Gasteiger partial charge in [0.2, 0.25) is 5.91 Å². The number of carbonyl (C=O) groups excluding carboxylic acids is 1. The molecule has 3 atom stereocenters. The van der Waals surface area contributed by atoms with Crippen LogP contribution in [0.4, 0.5) is 4.39 Å². The van der Waals surface area contributed by atoms with Gasteiger partial charge in [0.05, 0.1) is 19.8 Å². The maximum atomic E-state index is 13.4. The fraction of sp³-hybridized carbons (Fsp3) is 0.571. The van der Waals surface area contributed by atoms with E-state index in [-0.39, 0.29) is 29.8 Å². The summed E-state index contributed by atoms with van der Waals surface area (Å²) < 4.78 is 15.4. The molecule has 2 aromatic rings. The molecule has 8 heteroatoms. The van der Waals surface area contributed by atoms with E-state index in [2.05, 4.69) is 45.1 Å². The maximum absolute atomic E-state index is 13.4. The summed E-state index contributed by atoms with van der Waals surface area (Å²) in [7, 11) is 4.12. The lowest BCUT2D eigenvalue weighted by molar-refractivity contribution is -0.890. The van der Waals surface area contributed by atoms with Gasteiger partial charge in [-0.1, -0.05) is 11.8 Å². The molecular formula is C21H31FN5OS+. The number of benzene rings is 1. The van der Waals surface area contributed by atoms with E-state index in [1.54, 1.807) is 12.1 Å². The van der Waals surface area contributed by atoms with Gasteiger partial charge in [0.25, 0.3) is 0 Å². The van der Waals surface area contributed by atoms with Crippen molar-refractivity contribution < 1.29 is 14.1 Å². The average molecular weight is 421 g/mol. The highest BCUT2D eigenvalue weighted by molar-refractivity contribution is 7.99. The van der Waals surface area contributed by atoms with Crippen LogP contribution in [0.5, 0.6) is 0 Å². The van der Waals surface area contributed by atoms with E-state index < -0.39 is 0 Å². The summed E-state index contributed by atoms with van der Waals surface area (Å²) >= 11 is 1.40. The number of piperidine rings is 1. The molecule has 1 fully saturated rings. The van der Waals surface area contributed by atoms with Crippen molar-refractivity contribution in [3.8, 4) is 5.69 Å². The SMILES string of the molecule is C[C@@H]1CCC[C@H](C)N1C(=O)CSc1nnc([C@@H](C)[NH+](C)C)n1-c1ccc(F)cc1. The number of nitrogens with zero attached hydrogens (tertiary/aromatic N) is 4. The molecule has 0 spiro atoms. The minimum absolute atomic E-state index is 0.0970. The third kappa shape index (κ3) is 4.80. The van der Waals surface area contributed by atoms with Gasteiger partial charge in [-0.3, -0.25) is 9.36 Å². The Bertz CT molecular complexity index is 828. The molecule has 0 aliphatic carbocycles. The predicted molar refractivity (Wildman–Crippen MR) is 113 cm³/mol. The van der Waals surface area contributed by atoms with Crippen LogP contribution in [0.3, 0.4) is 0 Å². The number of hydrogen-bond donors (Lipinski definition) is 1. The van der Waals surface area contributed by atoms with Crippen LogP contribution >= 0.6 is 11.8 Å². The first-order valence-corrected chi connectivity index (χ1v) is 11.2. The monoisotopic (exact) mass is 420 g/mol. The van der Waals surface area contributed by atoms with Crippen molar-refractivity contribution in [2.24, 2.45) is 0 Å². The summed E-state index contributed by atoms with van der Waals surface area (Å²) in [4.78, 5) is 16.2. The molecule has 0 unspecified atom stereocenters. The Kier molecular flexibility index (Phi) is 6.95. The van der Waals surface area contributed by atoms with Gasteiger partial charge in [0, 0.05) is 17.8 Å². The molecule has 1 aliphatic heterocycles. The Hall–Kier alpha value is -1.93. The molecule has 0 bridgehead atoms. The van der Waals surface area contributed by atoms with E-state index >= 15 is 0 Å². The van der Waals surface area contributed by atoms with E-state index in [4.69, 9.17) is 0 Å². The Morgan fingerprint density at radius 3 is 2.41 bits per heavy atom. The number of rotatable bonds is 6. The van der Waals surface area contributed by atoms with Gasteiger partial charge in [-0.05, 0) is 64.3 Å². The van der Waals surface area contributed by atoms with Gasteiger partial charge in [0.1, 0.15) is 11.9 Å². The average Bonchev–Trinajstić information content (AvgIpc) is 3.10. The number of thioether (sulfide) groups is 1. The summed E-state index contributed by atoms with van der Waals surface area (Å²) in [5.41, 5.74) is 0.800. The van der Waals surface area contributed by atoms with Crippen molar-refractivity contribution in [2.75, 3.05) is 19.8 Å². The second kappa shape index (κ2) is 9.26. The Morgan fingerprint density at radius 2 is 1.83 bits per heavy atom. The Labute approximate surface area is 176 Å². The fourth-order valence-corrected chi connectivity index (χ4v) is 4.69. The van der Waals surface area contributed by atoms with E-state index in [0.717, 1.165) is 24.4 Å². The van der Waals surface area contributed by atoms with E-state index in [9.17, 15) is 9.18 Å². The molecule has 1 aromatic heterocycles. The number of carbonyl (C=O) groups is 1. The lowest BCUT2D eigenvalue weighted by atomic mass is 9.98. The second-order valence-electron chi connectivity index (χ2n) is 8.17. The summed E-state index contributed by atoms with van der Waals surface area (Å²) in [5, 5.41) is 9.44. The molecule has 1 N–H and O–H groups in total. The molecule has 1 amide bonds. The Balaban J connectivity index is 1.85. The fourth-order valence-electron chi connectivity index (χ4n) is 3.86. The molecule has 0 saturated carbocycles. The van der Waals surface area contributed by atoms with Crippen LogP contribution in [-0.4, -0.2) is 57.5 Å². The molecule has 2 heterocycles. The zero-order valence-electron chi connectivity index (χ0n) is 17.9. The molecule has 158 valence electrons. The zero-order chi connectivity index (χ0) is 21.1. The molecule has 1 aromatic carbocycles. The normalized spacial score (nSPS) is 20.9. The van der Waals surface area contributed by atoms with E-state index in [0.29, 0.717) is 10.9 Å². The third-order valence-corrected chi connectivity index (χ3v) is 6.72. The van der Waals surface area contributed by atoms with E-state index in [1.807, 2.05) is 9.47 Å². The van der Waals surface area contributed by atoms with Crippen molar-refractivity contribution in [1.29, 1.82) is 0 Å². The van der Waals surface area contributed by atoms with Crippen LogP contribution < -0.4 is 4.90 Å². The first kappa shape index (κ1) is 21.8. The standard InChI is InChI=1S/C21H30FN5OS/c1-14-7-6-8-15(2)26(14)19(28)13-29-21-24-23-20(16(3)25(4)5)27(21)18-11-9-17(22)10-12-18/h9-12,14-16H,6-8,13H2,1-5H3/p+1/t14-,15+,16-/m1/s1.